The van der Waals surface area contributed by atoms with Crippen LogP contribution < -0.4 is 16.0 Å². The summed E-state index contributed by atoms with van der Waals surface area (Å²) in [4.78, 5) is 31.9. The van der Waals surface area contributed by atoms with Gasteiger partial charge >= 0.3 is 0 Å². The molecule has 7 heteroatoms. The zero-order valence-corrected chi connectivity index (χ0v) is 15.9. The Bertz CT molecular complexity index is 998. The molecular formula is C21H21N5O2. The molecule has 0 aliphatic rings. The van der Waals surface area contributed by atoms with Crippen LogP contribution in [0, 0.1) is 13.8 Å². The number of rotatable bonds is 5. The van der Waals surface area contributed by atoms with Gasteiger partial charge in [0.05, 0.1) is 12.4 Å². The lowest BCUT2D eigenvalue weighted by atomic mass is 10.1. The van der Waals surface area contributed by atoms with Crippen LogP contribution in [0.2, 0.25) is 0 Å². The highest BCUT2D eigenvalue weighted by atomic mass is 16.2. The van der Waals surface area contributed by atoms with Gasteiger partial charge in [0.25, 0.3) is 5.91 Å². The summed E-state index contributed by atoms with van der Waals surface area (Å²) in [5, 5.41) is 8.66. The topological polar surface area (TPSA) is 96.0 Å². The number of aromatic nitrogens is 2. The van der Waals surface area contributed by atoms with Gasteiger partial charge in [-0.3, -0.25) is 9.59 Å². The minimum atomic E-state index is -0.313. The molecule has 0 spiro atoms. The molecule has 0 unspecified atom stereocenters. The fourth-order valence-corrected chi connectivity index (χ4v) is 2.57. The van der Waals surface area contributed by atoms with E-state index in [1.165, 1.54) is 19.3 Å². The molecule has 3 aromatic rings. The smallest absolute Gasteiger partial charge is 0.275 e. The number of carbonyl (C=O) groups excluding carboxylic acids is 2. The van der Waals surface area contributed by atoms with Crippen LogP contribution in [0.25, 0.3) is 0 Å². The number of nitrogens with one attached hydrogen (secondary N) is 3. The van der Waals surface area contributed by atoms with Crippen LogP contribution in [0.3, 0.4) is 0 Å². The standard InChI is InChI=1S/C21H21N5O2/c1-13-5-4-6-18(14(13)2)26-21(28)19-11-23-20(12-22-19)25-17-9-7-16(8-10-17)24-15(3)27/h4-12H,1-3H3,(H,23,25)(H,24,27)(H,26,28). The monoisotopic (exact) mass is 375 g/mol. The molecule has 2 aromatic carbocycles. The van der Waals surface area contributed by atoms with E-state index in [0.29, 0.717) is 11.5 Å². The van der Waals surface area contributed by atoms with Gasteiger partial charge in [-0.05, 0) is 55.3 Å². The van der Waals surface area contributed by atoms with Gasteiger partial charge in [0.2, 0.25) is 5.91 Å². The highest BCUT2D eigenvalue weighted by molar-refractivity contribution is 6.03. The average Bonchev–Trinajstić information content (AvgIpc) is 2.67. The lowest BCUT2D eigenvalue weighted by molar-refractivity contribution is -0.114. The van der Waals surface area contributed by atoms with E-state index in [9.17, 15) is 9.59 Å². The van der Waals surface area contributed by atoms with Gasteiger partial charge < -0.3 is 16.0 Å². The van der Waals surface area contributed by atoms with E-state index in [4.69, 9.17) is 0 Å². The van der Waals surface area contributed by atoms with Gasteiger partial charge in [-0.15, -0.1) is 0 Å². The maximum Gasteiger partial charge on any atom is 0.275 e. The summed E-state index contributed by atoms with van der Waals surface area (Å²) in [7, 11) is 0. The van der Waals surface area contributed by atoms with Crippen LogP contribution in [0.15, 0.2) is 54.9 Å². The van der Waals surface area contributed by atoms with E-state index in [1.807, 2.05) is 44.2 Å². The van der Waals surface area contributed by atoms with Crippen LogP contribution >= 0.6 is 0 Å². The molecule has 7 nitrogen and oxygen atoms in total. The lowest BCUT2D eigenvalue weighted by Gasteiger charge is -2.10. The maximum absolute atomic E-state index is 12.4. The van der Waals surface area contributed by atoms with Crippen molar-refractivity contribution >= 4 is 34.7 Å². The van der Waals surface area contributed by atoms with Crippen molar-refractivity contribution in [1.82, 2.24) is 9.97 Å². The van der Waals surface area contributed by atoms with E-state index < -0.39 is 0 Å². The Morgan fingerprint density at radius 3 is 2.21 bits per heavy atom. The number of nitrogens with zero attached hydrogens (tertiary/aromatic N) is 2. The highest BCUT2D eigenvalue weighted by Gasteiger charge is 2.10. The molecule has 142 valence electrons. The maximum atomic E-state index is 12.4. The molecule has 0 fully saturated rings. The van der Waals surface area contributed by atoms with E-state index >= 15 is 0 Å². The summed E-state index contributed by atoms with van der Waals surface area (Å²) in [6.45, 7) is 5.41. The van der Waals surface area contributed by atoms with Crippen molar-refractivity contribution in [3.05, 3.63) is 71.7 Å². The first-order chi connectivity index (χ1) is 13.4. The summed E-state index contributed by atoms with van der Waals surface area (Å²) >= 11 is 0. The SMILES string of the molecule is CC(=O)Nc1ccc(Nc2cnc(C(=O)Nc3cccc(C)c3C)cn2)cc1. The number of carbonyl (C=O) groups is 2. The van der Waals surface area contributed by atoms with Crippen LogP contribution in [-0.4, -0.2) is 21.8 Å². The predicted octanol–water partition coefficient (Wildman–Crippen LogP) is 4.05. The van der Waals surface area contributed by atoms with Crippen LogP contribution in [0.4, 0.5) is 22.9 Å². The predicted molar refractivity (Wildman–Crippen MR) is 110 cm³/mol. The second-order valence-electron chi connectivity index (χ2n) is 6.37. The summed E-state index contributed by atoms with van der Waals surface area (Å²) in [5.74, 6) is 0.0734. The van der Waals surface area contributed by atoms with E-state index in [-0.39, 0.29) is 17.5 Å². The summed E-state index contributed by atoms with van der Waals surface area (Å²) in [6.07, 6.45) is 2.92. The van der Waals surface area contributed by atoms with Crippen LogP contribution in [0.5, 0.6) is 0 Å². The Morgan fingerprint density at radius 2 is 1.57 bits per heavy atom. The van der Waals surface area contributed by atoms with E-state index in [1.54, 1.807) is 12.1 Å². The van der Waals surface area contributed by atoms with Gasteiger partial charge in [0.1, 0.15) is 11.5 Å². The third-order valence-electron chi connectivity index (χ3n) is 4.21. The third-order valence-corrected chi connectivity index (χ3v) is 4.21. The van der Waals surface area contributed by atoms with Crippen molar-refractivity contribution in [2.24, 2.45) is 0 Å². The van der Waals surface area contributed by atoms with Crippen molar-refractivity contribution < 1.29 is 9.59 Å². The van der Waals surface area contributed by atoms with E-state index in [0.717, 1.165) is 22.5 Å². The summed E-state index contributed by atoms with van der Waals surface area (Å²) in [5.41, 5.74) is 4.61. The molecule has 0 saturated carbocycles. The first-order valence-electron chi connectivity index (χ1n) is 8.76. The van der Waals surface area contributed by atoms with Crippen LogP contribution in [-0.2, 0) is 4.79 Å². The van der Waals surface area contributed by atoms with Gasteiger partial charge in [0.15, 0.2) is 0 Å². The van der Waals surface area contributed by atoms with Gasteiger partial charge in [0, 0.05) is 24.0 Å². The molecule has 0 aliphatic heterocycles. The quantitative estimate of drug-likeness (QED) is 0.625. The van der Waals surface area contributed by atoms with Gasteiger partial charge in [-0.1, -0.05) is 12.1 Å². The number of hydrogen-bond acceptors (Lipinski definition) is 5. The minimum absolute atomic E-state index is 0.124. The molecule has 0 radical (unpaired) electrons. The number of hydrogen-bond donors (Lipinski definition) is 3. The normalized spacial score (nSPS) is 10.2. The average molecular weight is 375 g/mol. The fraction of sp³-hybridized carbons (Fsp3) is 0.143. The van der Waals surface area contributed by atoms with Gasteiger partial charge in [-0.25, -0.2) is 9.97 Å². The Labute approximate surface area is 163 Å². The molecular weight excluding hydrogens is 354 g/mol. The largest absolute Gasteiger partial charge is 0.339 e. The molecule has 1 aromatic heterocycles. The lowest BCUT2D eigenvalue weighted by Crippen LogP contribution is -2.15. The zero-order chi connectivity index (χ0) is 20.1. The van der Waals surface area contributed by atoms with E-state index in [2.05, 4.69) is 25.9 Å². The number of benzene rings is 2. The van der Waals surface area contributed by atoms with Crippen molar-refractivity contribution in [3.63, 3.8) is 0 Å². The Hall–Kier alpha value is -3.74. The summed E-state index contributed by atoms with van der Waals surface area (Å²) in [6, 6.07) is 12.9. The molecule has 28 heavy (non-hydrogen) atoms. The Kier molecular flexibility index (Phi) is 5.64. The molecule has 0 atom stereocenters. The Morgan fingerprint density at radius 1 is 0.857 bits per heavy atom. The molecule has 1 heterocycles. The minimum Gasteiger partial charge on any atom is -0.339 e. The molecule has 3 N–H and O–H groups in total. The van der Waals surface area contributed by atoms with Crippen molar-refractivity contribution in [2.45, 2.75) is 20.8 Å². The molecule has 0 aliphatic carbocycles. The number of anilines is 4. The summed E-state index contributed by atoms with van der Waals surface area (Å²) < 4.78 is 0. The van der Waals surface area contributed by atoms with Crippen molar-refractivity contribution in [1.29, 1.82) is 0 Å². The molecule has 2 amide bonds. The molecule has 3 rings (SSSR count). The first kappa shape index (κ1) is 19.0. The second kappa shape index (κ2) is 8.30. The molecule has 0 bridgehead atoms. The van der Waals surface area contributed by atoms with Crippen molar-refractivity contribution in [2.75, 3.05) is 16.0 Å². The molecule has 0 saturated heterocycles. The van der Waals surface area contributed by atoms with Gasteiger partial charge in [-0.2, -0.15) is 0 Å². The highest BCUT2D eigenvalue weighted by Crippen LogP contribution is 2.19. The van der Waals surface area contributed by atoms with Crippen LogP contribution in [0.1, 0.15) is 28.5 Å². The van der Waals surface area contributed by atoms with Crippen molar-refractivity contribution in [3.8, 4) is 0 Å². The second-order valence-corrected chi connectivity index (χ2v) is 6.37. The zero-order valence-electron chi connectivity index (χ0n) is 15.9. The number of amides is 2. The number of aryl methyl sites for hydroxylation is 1. The first-order valence-corrected chi connectivity index (χ1v) is 8.76. The third kappa shape index (κ3) is 4.70. The fourth-order valence-electron chi connectivity index (χ4n) is 2.57. The Balaban J connectivity index is 1.65.